The first-order valence-electron chi connectivity index (χ1n) is 9.66. The lowest BCUT2D eigenvalue weighted by atomic mass is 9.77. The molecule has 3 atom stereocenters. The van der Waals surface area contributed by atoms with Crippen molar-refractivity contribution in [2.75, 3.05) is 20.1 Å². The van der Waals surface area contributed by atoms with Crippen molar-refractivity contribution in [2.24, 2.45) is 16.6 Å². The Kier molecular flexibility index (Phi) is 5.41. The van der Waals surface area contributed by atoms with Gasteiger partial charge in [0.25, 0.3) is 5.91 Å². The molecule has 3 rings (SSSR count). The molecule has 2 N–H and O–H groups in total. The second kappa shape index (κ2) is 7.63. The summed E-state index contributed by atoms with van der Waals surface area (Å²) in [5, 5.41) is 9.14. The highest BCUT2D eigenvalue weighted by molar-refractivity contribution is 5.98. The Morgan fingerprint density at radius 1 is 1.46 bits per heavy atom. The average Bonchev–Trinajstić information content (AvgIpc) is 2.71. The first-order chi connectivity index (χ1) is 13.2. The zero-order valence-electron chi connectivity index (χ0n) is 16.7. The van der Waals surface area contributed by atoms with Crippen LogP contribution in [0.25, 0.3) is 0 Å². The molecule has 2 amide bonds. The van der Waals surface area contributed by atoms with E-state index in [4.69, 9.17) is 11.0 Å². The minimum Gasteiger partial charge on any atom is -0.369 e. The Morgan fingerprint density at radius 2 is 2.21 bits per heavy atom. The first kappa shape index (κ1) is 19.9. The number of nitriles is 1. The second-order valence-corrected chi connectivity index (χ2v) is 8.02. The largest absolute Gasteiger partial charge is 0.369 e. The van der Waals surface area contributed by atoms with E-state index >= 15 is 0 Å². The molecule has 148 valence electrons. The van der Waals surface area contributed by atoms with Crippen molar-refractivity contribution < 1.29 is 9.59 Å². The number of guanidine groups is 1. The molecule has 0 aromatic heterocycles. The maximum absolute atomic E-state index is 13.1. The average molecular weight is 381 g/mol. The Labute approximate surface area is 165 Å². The molecule has 7 heteroatoms. The summed E-state index contributed by atoms with van der Waals surface area (Å²) >= 11 is 0. The van der Waals surface area contributed by atoms with Crippen LogP contribution in [0.2, 0.25) is 0 Å². The third kappa shape index (κ3) is 3.72. The molecule has 0 radical (unpaired) electrons. The molecule has 1 aromatic rings. The van der Waals surface area contributed by atoms with E-state index in [1.165, 1.54) is 4.90 Å². The molecular formula is C21H27N5O2. The van der Waals surface area contributed by atoms with E-state index in [2.05, 4.69) is 11.1 Å². The molecular weight excluding hydrogens is 354 g/mol. The molecule has 2 heterocycles. The van der Waals surface area contributed by atoms with Crippen molar-refractivity contribution in [3.63, 3.8) is 0 Å². The van der Waals surface area contributed by atoms with Gasteiger partial charge in [-0.15, -0.1) is 0 Å². The van der Waals surface area contributed by atoms with Gasteiger partial charge in [0.15, 0.2) is 5.96 Å². The van der Waals surface area contributed by atoms with Crippen molar-refractivity contribution in [1.29, 1.82) is 5.26 Å². The lowest BCUT2D eigenvalue weighted by molar-refractivity contribution is -0.129. The maximum atomic E-state index is 13.1. The minimum absolute atomic E-state index is 0.0448. The topological polar surface area (TPSA) is 103 Å². The smallest absolute Gasteiger partial charge is 0.253 e. The van der Waals surface area contributed by atoms with Crippen molar-refractivity contribution in [3.8, 4) is 6.07 Å². The quantitative estimate of drug-likeness (QED) is 0.866. The monoisotopic (exact) mass is 381 g/mol. The molecule has 2 unspecified atom stereocenters. The summed E-state index contributed by atoms with van der Waals surface area (Å²) in [5.41, 5.74) is 6.78. The fourth-order valence-corrected chi connectivity index (χ4v) is 4.03. The summed E-state index contributed by atoms with van der Waals surface area (Å²) < 4.78 is 0. The van der Waals surface area contributed by atoms with Crippen molar-refractivity contribution in [2.45, 2.75) is 44.6 Å². The van der Waals surface area contributed by atoms with E-state index in [1.54, 1.807) is 19.2 Å². The summed E-state index contributed by atoms with van der Waals surface area (Å²) in [6.45, 7) is 5.00. The molecule has 7 nitrogen and oxygen atoms in total. The molecule has 0 spiro atoms. The van der Waals surface area contributed by atoms with E-state index in [-0.39, 0.29) is 29.6 Å². The van der Waals surface area contributed by atoms with Crippen LogP contribution in [-0.4, -0.2) is 53.2 Å². The van der Waals surface area contributed by atoms with E-state index in [9.17, 15) is 9.59 Å². The van der Waals surface area contributed by atoms with Gasteiger partial charge >= 0.3 is 0 Å². The van der Waals surface area contributed by atoms with E-state index in [0.717, 1.165) is 18.4 Å². The molecule has 0 aliphatic carbocycles. The number of rotatable bonds is 3. The van der Waals surface area contributed by atoms with Gasteiger partial charge in [0.1, 0.15) is 0 Å². The van der Waals surface area contributed by atoms with Gasteiger partial charge in [0, 0.05) is 31.6 Å². The first-order valence-corrected chi connectivity index (χ1v) is 9.66. The Balaban J connectivity index is 1.79. The Bertz CT molecular complexity index is 859. The minimum atomic E-state index is -0.593. The van der Waals surface area contributed by atoms with Crippen molar-refractivity contribution in [1.82, 2.24) is 9.80 Å². The van der Waals surface area contributed by atoms with Gasteiger partial charge in [-0.1, -0.05) is 12.1 Å². The number of aliphatic imine (C=N–C) groups is 1. The number of hydrogen-bond acceptors (Lipinski definition) is 5. The Hall–Kier alpha value is -2.88. The van der Waals surface area contributed by atoms with Gasteiger partial charge < -0.3 is 10.6 Å². The molecule has 1 aromatic carbocycles. The van der Waals surface area contributed by atoms with Crippen LogP contribution in [-0.2, 0) is 4.79 Å². The van der Waals surface area contributed by atoms with Gasteiger partial charge in [-0.05, 0) is 44.4 Å². The molecule has 1 fully saturated rings. The molecule has 2 aliphatic rings. The van der Waals surface area contributed by atoms with Gasteiger partial charge in [-0.2, -0.15) is 5.26 Å². The fourth-order valence-electron chi connectivity index (χ4n) is 4.03. The van der Waals surface area contributed by atoms with Crippen LogP contribution >= 0.6 is 0 Å². The molecule has 0 bridgehead atoms. The van der Waals surface area contributed by atoms with Gasteiger partial charge in [-0.3, -0.25) is 14.5 Å². The van der Waals surface area contributed by atoms with E-state index < -0.39 is 5.54 Å². The SMILES string of the molecule is CC(C#N)c1cccc(C(=O)N2CCCC([C@]3(C)CC(=O)N(C)C(N)=N3)C2)c1. The highest BCUT2D eigenvalue weighted by Crippen LogP contribution is 2.36. The number of piperidine rings is 1. The predicted molar refractivity (Wildman–Crippen MR) is 107 cm³/mol. The van der Waals surface area contributed by atoms with Crippen LogP contribution in [0, 0.1) is 17.2 Å². The van der Waals surface area contributed by atoms with Crippen LogP contribution in [0.15, 0.2) is 29.3 Å². The number of likely N-dealkylation sites (tertiary alicyclic amines) is 1. The number of benzene rings is 1. The Morgan fingerprint density at radius 3 is 2.89 bits per heavy atom. The summed E-state index contributed by atoms with van der Waals surface area (Å²) in [4.78, 5) is 33.2. The van der Waals surface area contributed by atoms with E-state index in [1.807, 2.05) is 30.9 Å². The molecule has 1 saturated heterocycles. The molecule has 28 heavy (non-hydrogen) atoms. The van der Waals surface area contributed by atoms with Crippen LogP contribution in [0.3, 0.4) is 0 Å². The van der Waals surface area contributed by atoms with Crippen LogP contribution in [0.1, 0.15) is 54.9 Å². The number of amides is 2. The second-order valence-electron chi connectivity index (χ2n) is 8.02. The number of nitrogens with two attached hydrogens (primary N) is 1. The van der Waals surface area contributed by atoms with Crippen molar-refractivity contribution >= 4 is 17.8 Å². The third-order valence-corrected chi connectivity index (χ3v) is 6.01. The van der Waals surface area contributed by atoms with Crippen LogP contribution in [0.5, 0.6) is 0 Å². The fraction of sp³-hybridized carbons (Fsp3) is 0.524. The highest BCUT2D eigenvalue weighted by atomic mass is 16.2. The molecule has 0 saturated carbocycles. The third-order valence-electron chi connectivity index (χ3n) is 6.01. The maximum Gasteiger partial charge on any atom is 0.253 e. The van der Waals surface area contributed by atoms with E-state index in [0.29, 0.717) is 25.1 Å². The van der Waals surface area contributed by atoms with Crippen molar-refractivity contribution in [3.05, 3.63) is 35.4 Å². The summed E-state index contributed by atoms with van der Waals surface area (Å²) in [5.74, 6) is -0.0422. The predicted octanol–water partition coefficient (Wildman–Crippen LogP) is 2.10. The number of carbonyl (C=O) groups is 2. The zero-order chi connectivity index (χ0) is 20.5. The normalized spacial score (nSPS) is 26.4. The highest BCUT2D eigenvalue weighted by Gasteiger charge is 2.43. The van der Waals surface area contributed by atoms with Gasteiger partial charge in [-0.25, -0.2) is 4.99 Å². The van der Waals surface area contributed by atoms with Gasteiger partial charge in [0.05, 0.1) is 23.9 Å². The number of hydrogen-bond donors (Lipinski definition) is 1. The standard InChI is InChI=1S/C21H27N5O2/c1-14(12-22)15-6-4-7-16(10-15)19(28)26-9-5-8-17(13-26)21(2)11-18(27)25(3)20(23)24-21/h4,6-7,10,14,17H,5,8-9,11,13H2,1-3H3,(H2,23,24)/t14?,17?,21-/m0/s1. The summed E-state index contributed by atoms with van der Waals surface area (Å²) in [7, 11) is 1.63. The van der Waals surface area contributed by atoms with Crippen LogP contribution in [0.4, 0.5) is 0 Å². The van der Waals surface area contributed by atoms with Crippen LogP contribution < -0.4 is 5.73 Å². The zero-order valence-corrected chi connectivity index (χ0v) is 16.7. The molecule has 2 aliphatic heterocycles. The number of nitrogens with zero attached hydrogens (tertiary/aromatic N) is 4. The lowest BCUT2D eigenvalue weighted by Crippen LogP contribution is -2.54. The van der Waals surface area contributed by atoms with Gasteiger partial charge in [0.2, 0.25) is 5.91 Å². The lowest BCUT2D eigenvalue weighted by Gasteiger charge is -2.43. The summed E-state index contributed by atoms with van der Waals surface area (Å²) in [6, 6.07) is 9.48. The summed E-state index contributed by atoms with van der Waals surface area (Å²) in [6.07, 6.45) is 2.06. The number of carbonyl (C=O) groups excluding carboxylic acids is 2.